The van der Waals surface area contributed by atoms with Gasteiger partial charge in [0.1, 0.15) is 11.3 Å². The van der Waals surface area contributed by atoms with E-state index in [-0.39, 0.29) is 11.5 Å². The van der Waals surface area contributed by atoms with Crippen LogP contribution in [0.2, 0.25) is 0 Å². The lowest BCUT2D eigenvalue weighted by atomic mass is 10.1. The van der Waals surface area contributed by atoms with Crippen LogP contribution >= 0.6 is 11.5 Å². The Bertz CT molecular complexity index is 1010. The van der Waals surface area contributed by atoms with Gasteiger partial charge in [-0.25, -0.2) is 4.98 Å². The predicted molar refractivity (Wildman–Crippen MR) is 103 cm³/mol. The Balaban J connectivity index is 2.11. The predicted octanol–water partition coefficient (Wildman–Crippen LogP) is 1.51. The number of methoxy groups -OCH3 is 1. The van der Waals surface area contributed by atoms with Gasteiger partial charge in [-0.3, -0.25) is 14.9 Å². The quantitative estimate of drug-likeness (QED) is 0.561. The number of hydrogen-bond acceptors (Lipinski definition) is 7. The summed E-state index contributed by atoms with van der Waals surface area (Å²) in [4.78, 5) is 28.7. The molecule has 0 fully saturated rings. The van der Waals surface area contributed by atoms with Crippen LogP contribution in [0, 0.1) is 6.92 Å². The van der Waals surface area contributed by atoms with E-state index in [0.717, 1.165) is 0 Å². The Labute approximate surface area is 159 Å². The van der Waals surface area contributed by atoms with Crippen molar-refractivity contribution in [3.05, 3.63) is 34.3 Å². The van der Waals surface area contributed by atoms with E-state index in [2.05, 4.69) is 14.7 Å². The van der Waals surface area contributed by atoms with Crippen LogP contribution in [0.25, 0.3) is 11.0 Å². The summed E-state index contributed by atoms with van der Waals surface area (Å²) < 4.78 is 11.4. The summed E-state index contributed by atoms with van der Waals surface area (Å²) in [5.74, 6) is -0.106. The zero-order chi connectivity index (χ0) is 19.6. The number of aryl methyl sites for hydroxylation is 2. The summed E-state index contributed by atoms with van der Waals surface area (Å²) >= 11 is 1.21. The van der Waals surface area contributed by atoms with Gasteiger partial charge < -0.3 is 20.8 Å². The van der Waals surface area contributed by atoms with Crippen LogP contribution < -0.4 is 21.5 Å². The van der Waals surface area contributed by atoms with Crippen molar-refractivity contribution in [2.24, 2.45) is 11.5 Å². The smallest absolute Gasteiger partial charge is 0.260 e. The second kappa shape index (κ2) is 7.72. The topological polar surface area (TPSA) is 138 Å². The van der Waals surface area contributed by atoms with Crippen molar-refractivity contribution < 1.29 is 14.3 Å². The molecular weight excluding hydrogens is 368 g/mol. The lowest BCUT2D eigenvalue weighted by molar-refractivity contribution is 0.0997. The van der Waals surface area contributed by atoms with Crippen molar-refractivity contribution in [2.45, 2.75) is 19.9 Å². The second-order valence-corrected chi connectivity index (χ2v) is 6.54. The number of ether oxygens (including phenoxy) is 1. The van der Waals surface area contributed by atoms with Crippen LogP contribution in [0.3, 0.4) is 0 Å². The van der Waals surface area contributed by atoms with E-state index in [1.165, 1.54) is 18.6 Å². The SMILES string of the molecule is COc1cc(C(N)=O)cc2nc(NC(=O)c3csnc3C)n(CCCN)c12. The van der Waals surface area contributed by atoms with E-state index in [1.807, 2.05) is 4.57 Å². The minimum atomic E-state index is -0.586. The molecule has 0 unspecified atom stereocenters. The molecule has 0 saturated heterocycles. The number of nitrogens with one attached hydrogen (secondary N) is 1. The highest BCUT2D eigenvalue weighted by Crippen LogP contribution is 2.31. The Kier molecular flexibility index (Phi) is 5.38. The minimum Gasteiger partial charge on any atom is -0.494 e. The fraction of sp³-hybridized carbons (Fsp3) is 0.294. The van der Waals surface area contributed by atoms with Gasteiger partial charge in [0.2, 0.25) is 11.9 Å². The Hall–Kier alpha value is -2.98. The van der Waals surface area contributed by atoms with E-state index in [4.69, 9.17) is 16.2 Å². The van der Waals surface area contributed by atoms with Gasteiger partial charge >= 0.3 is 0 Å². The van der Waals surface area contributed by atoms with Gasteiger partial charge in [0.05, 0.1) is 23.9 Å². The summed E-state index contributed by atoms with van der Waals surface area (Å²) in [5, 5.41) is 4.50. The molecule has 1 aromatic carbocycles. The molecule has 9 nitrogen and oxygen atoms in total. The average Bonchev–Trinajstić information content (AvgIpc) is 3.22. The van der Waals surface area contributed by atoms with Crippen molar-refractivity contribution >= 4 is 40.3 Å². The molecule has 0 spiro atoms. The van der Waals surface area contributed by atoms with Gasteiger partial charge in [-0.1, -0.05) is 0 Å². The Morgan fingerprint density at radius 2 is 2.15 bits per heavy atom. The van der Waals surface area contributed by atoms with Crippen molar-refractivity contribution in [2.75, 3.05) is 19.0 Å². The highest BCUT2D eigenvalue weighted by molar-refractivity contribution is 7.04. The molecular formula is C17H20N6O3S. The van der Waals surface area contributed by atoms with Gasteiger partial charge in [-0.05, 0) is 43.6 Å². The summed E-state index contributed by atoms with van der Waals surface area (Å²) in [7, 11) is 1.50. The molecule has 3 aromatic rings. The van der Waals surface area contributed by atoms with E-state index in [0.29, 0.717) is 53.5 Å². The normalized spacial score (nSPS) is 10.9. The maximum atomic E-state index is 12.6. The summed E-state index contributed by atoms with van der Waals surface area (Å²) in [6, 6.07) is 3.13. The molecule has 0 atom stereocenters. The van der Waals surface area contributed by atoms with Gasteiger partial charge in [0, 0.05) is 17.5 Å². The van der Waals surface area contributed by atoms with Crippen molar-refractivity contribution in [3.8, 4) is 5.75 Å². The molecule has 0 saturated carbocycles. The fourth-order valence-electron chi connectivity index (χ4n) is 2.77. The third-order valence-electron chi connectivity index (χ3n) is 4.12. The first kappa shape index (κ1) is 18.8. The van der Waals surface area contributed by atoms with Crippen LogP contribution in [-0.2, 0) is 6.54 Å². The van der Waals surface area contributed by atoms with Crippen LogP contribution in [0.1, 0.15) is 32.8 Å². The number of primary amides is 1. The van der Waals surface area contributed by atoms with Crippen LogP contribution in [-0.4, -0.2) is 39.4 Å². The number of fused-ring (bicyclic) bond motifs is 1. The van der Waals surface area contributed by atoms with Crippen molar-refractivity contribution in [1.29, 1.82) is 0 Å². The number of nitrogens with zero attached hydrogens (tertiary/aromatic N) is 3. The molecule has 27 heavy (non-hydrogen) atoms. The molecule has 0 aliphatic carbocycles. The first-order valence-electron chi connectivity index (χ1n) is 8.26. The zero-order valence-electron chi connectivity index (χ0n) is 15.0. The number of carbonyl (C=O) groups excluding carboxylic acids is 2. The summed E-state index contributed by atoms with van der Waals surface area (Å²) in [5.41, 5.74) is 13.6. The molecule has 2 amide bonds. The highest BCUT2D eigenvalue weighted by atomic mass is 32.1. The molecule has 0 aliphatic heterocycles. The van der Waals surface area contributed by atoms with E-state index >= 15 is 0 Å². The Morgan fingerprint density at radius 3 is 2.74 bits per heavy atom. The number of nitrogens with two attached hydrogens (primary N) is 2. The number of anilines is 1. The number of benzene rings is 1. The molecule has 10 heteroatoms. The van der Waals surface area contributed by atoms with Crippen LogP contribution in [0.5, 0.6) is 5.75 Å². The van der Waals surface area contributed by atoms with Crippen LogP contribution in [0.4, 0.5) is 5.95 Å². The number of carbonyl (C=O) groups is 2. The zero-order valence-corrected chi connectivity index (χ0v) is 15.8. The standard InChI is InChI=1S/C17H20N6O3S/c1-9-11(8-27-22-9)16(25)21-17-20-12-6-10(15(19)24)7-13(26-2)14(12)23(17)5-3-4-18/h6-8H,3-5,18H2,1-2H3,(H2,19,24)(H,20,21,25). The number of imidazole rings is 1. The first-order chi connectivity index (χ1) is 13.0. The molecule has 5 N–H and O–H groups in total. The van der Waals surface area contributed by atoms with Crippen molar-refractivity contribution in [1.82, 2.24) is 13.9 Å². The van der Waals surface area contributed by atoms with Gasteiger partial charge in [-0.15, -0.1) is 0 Å². The molecule has 142 valence electrons. The average molecular weight is 388 g/mol. The molecule has 0 bridgehead atoms. The first-order valence-corrected chi connectivity index (χ1v) is 9.10. The minimum absolute atomic E-state index is 0.276. The largest absolute Gasteiger partial charge is 0.494 e. The Morgan fingerprint density at radius 1 is 1.37 bits per heavy atom. The van der Waals surface area contributed by atoms with E-state index in [9.17, 15) is 9.59 Å². The lowest BCUT2D eigenvalue weighted by Crippen LogP contribution is -2.17. The van der Waals surface area contributed by atoms with Gasteiger partial charge in [-0.2, -0.15) is 4.37 Å². The maximum Gasteiger partial charge on any atom is 0.260 e. The van der Waals surface area contributed by atoms with Gasteiger partial charge in [0.15, 0.2) is 0 Å². The molecule has 0 aliphatic rings. The number of rotatable bonds is 7. The van der Waals surface area contributed by atoms with Crippen LogP contribution in [0.15, 0.2) is 17.5 Å². The molecule has 3 rings (SSSR count). The highest BCUT2D eigenvalue weighted by Gasteiger charge is 2.20. The number of hydrogen-bond donors (Lipinski definition) is 3. The lowest BCUT2D eigenvalue weighted by Gasteiger charge is -2.11. The molecule has 2 aromatic heterocycles. The summed E-state index contributed by atoms with van der Waals surface area (Å²) in [6.45, 7) is 2.77. The maximum absolute atomic E-state index is 12.6. The second-order valence-electron chi connectivity index (χ2n) is 5.91. The van der Waals surface area contributed by atoms with Gasteiger partial charge in [0.25, 0.3) is 5.91 Å². The molecule has 2 heterocycles. The summed E-state index contributed by atoms with van der Waals surface area (Å²) in [6.07, 6.45) is 0.675. The third-order valence-corrected chi connectivity index (χ3v) is 4.84. The number of amides is 2. The van der Waals surface area contributed by atoms with Crippen molar-refractivity contribution in [3.63, 3.8) is 0 Å². The number of aromatic nitrogens is 3. The molecule has 0 radical (unpaired) electrons. The third kappa shape index (κ3) is 3.62. The van der Waals surface area contributed by atoms with E-state index < -0.39 is 5.91 Å². The monoisotopic (exact) mass is 388 g/mol. The van der Waals surface area contributed by atoms with E-state index in [1.54, 1.807) is 24.4 Å². The fourth-order valence-corrected chi connectivity index (χ4v) is 3.46.